The zero-order valence-corrected chi connectivity index (χ0v) is 11.9. The third-order valence-electron chi connectivity index (χ3n) is 3.54. The van der Waals surface area contributed by atoms with Crippen LogP contribution in [0.1, 0.15) is 24.1 Å². The normalized spacial score (nSPS) is 21.3. The molecule has 0 saturated heterocycles. The smallest absolute Gasteiger partial charge is 0.0450 e. The molecular weight excluding hydrogens is 252 g/mol. The summed E-state index contributed by atoms with van der Waals surface area (Å²) in [7, 11) is 0. The van der Waals surface area contributed by atoms with Gasteiger partial charge in [-0.2, -0.15) is 0 Å². The molecule has 0 aliphatic heterocycles. The van der Waals surface area contributed by atoms with Crippen molar-refractivity contribution in [3.05, 3.63) is 59.9 Å². The van der Waals surface area contributed by atoms with Crippen LogP contribution >= 0.6 is 11.8 Å². The average molecular weight is 270 g/mol. The maximum absolute atomic E-state index is 4.09. The highest BCUT2D eigenvalue weighted by Crippen LogP contribution is 2.41. The fourth-order valence-corrected chi connectivity index (χ4v) is 3.99. The van der Waals surface area contributed by atoms with Gasteiger partial charge in [0.15, 0.2) is 0 Å². The van der Waals surface area contributed by atoms with Gasteiger partial charge >= 0.3 is 0 Å². The van der Waals surface area contributed by atoms with Crippen LogP contribution in [0, 0.1) is 0 Å². The molecule has 3 heteroatoms. The molecule has 0 spiro atoms. The standard InChI is InChI=1S/C16H18N2S/c1-2-18-16-14-6-4-3-5-12(14)11-15(16)19-13-7-9-17-10-8-13/h3-10,15-16,18H,2,11H2,1H3. The summed E-state index contributed by atoms with van der Waals surface area (Å²) in [5.41, 5.74) is 2.95. The van der Waals surface area contributed by atoms with Gasteiger partial charge in [-0.25, -0.2) is 0 Å². The summed E-state index contributed by atoms with van der Waals surface area (Å²) in [5, 5.41) is 4.20. The third-order valence-corrected chi connectivity index (χ3v) is 4.83. The highest BCUT2D eigenvalue weighted by Gasteiger charge is 2.32. The topological polar surface area (TPSA) is 24.9 Å². The second-order valence-corrected chi connectivity index (χ2v) is 6.09. The summed E-state index contributed by atoms with van der Waals surface area (Å²) in [6.07, 6.45) is 4.88. The number of thioether (sulfide) groups is 1. The lowest BCUT2D eigenvalue weighted by atomic mass is 10.1. The Hall–Kier alpha value is -1.32. The average Bonchev–Trinajstić information content (AvgIpc) is 2.79. The first-order chi connectivity index (χ1) is 9.38. The zero-order chi connectivity index (χ0) is 13.1. The van der Waals surface area contributed by atoms with Gasteiger partial charge in [-0.1, -0.05) is 31.2 Å². The lowest BCUT2D eigenvalue weighted by Crippen LogP contribution is -2.26. The molecule has 0 bridgehead atoms. The van der Waals surface area contributed by atoms with Gasteiger partial charge in [0.1, 0.15) is 0 Å². The minimum Gasteiger partial charge on any atom is -0.309 e. The van der Waals surface area contributed by atoms with E-state index in [-0.39, 0.29) is 0 Å². The Morgan fingerprint density at radius 1 is 1.21 bits per heavy atom. The second kappa shape index (κ2) is 5.76. The van der Waals surface area contributed by atoms with Crippen molar-refractivity contribution in [2.45, 2.75) is 29.5 Å². The van der Waals surface area contributed by atoms with E-state index in [1.165, 1.54) is 16.0 Å². The molecule has 0 amide bonds. The van der Waals surface area contributed by atoms with Crippen molar-refractivity contribution in [3.8, 4) is 0 Å². The first-order valence-corrected chi connectivity index (χ1v) is 7.64. The predicted molar refractivity (Wildman–Crippen MR) is 80.4 cm³/mol. The summed E-state index contributed by atoms with van der Waals surface area (Å²) in [4.78, 5) is 5.39. The van der Waals surface area contributed by atoms with E-state index in [4.69, 9.17) is 0 Å². The van der Waals surface area contributed by atoms with E-state index in [0.29, 0.717) is 11.3 Å². The van der Waals surface area contributed by atoms with Crippen LogP contribution < -0.4 is 5.32 Å². The van der Waals surface area contributed by atoms with Gasteiger partial charge in [0.25, 0.3) is 0 Å². The number of aromatic nitrogens is 1. The minimum absolute atomic E-state index is 0.458. The van der Waals surface area contributed by atoms with Crippen LogP contribution in [-0.2, 0) is 6.42 Å². The van der Waals surface area contributed by atoms with Crippen molar-refractivity contribution in [2.24, 2.45) is 0 Å². The van der Waals surface area contributed by atoms with Crippen LogP contribution in [-0.4, -0.2) is 16.8 Å². The molecule has 0 fully saturated rings. The minimum atomic E-state index is 0.458. The number of fused-ring (bicyclic) bond motifs is 1. The van der Waals surface area contributed by atoms with Crippen molar-refractivity contribution in [1.82, 2.24) is 10.3 Å². The molecule has 2 aromatic rings. The summed E-state index contributed by atoms with van der Waals surface area (Å²) in [5.74, 6) is 0. The summed E-state index contributed by atoms with van der Waals surface area (Å²) < 4.78 is 0. The molecule has 2 unspecified atom stereocenters. The number of hydrogen-bond donors (Lipinski definition) is 1. The molecule has 1 aromatic heterocycles. The molecule has 0 radical (unpaired) electrons. The first-order valence-electron chi connectivity index (χ1n) is 6.76. The molecule has 1 aromatic carbocycles. The van der Waals surface area contributed by atoms with Crippen LogP contribution in [0.2, 0.25) is 0 Å². The molecule has 98 valence electrons. The molecular formula is C16H18N2S. The van der Waals surface area contributed by atoms with Crippen molar-refractivity contribution in [1.29, 1.82) is 0 Å². The van der Waals surface area contributed by atoms with Gasteiger partial charge in [0.05, 0.1) is 0 Å². The molecule has 3 rings (SSSR count). The van der Waals surface area contributed by atoms with E-state index in [0.717, 1.165) is 13.0 Å². The lowest BCUT2D eigenvalue weighted by molar-refractivity contribution is 0.560. The van der Waals surface area contributed by atoms with Gasteiger partial charge < -0.3 is 5.32 Å². The largest absolute Gasteiger partial charge is 0.309 e. The molecule has 1 aliphatic rings. The SMILES string of the molecule is CCNC1c2ccccc2CC1Sc1ccncc1. The van der Waals surface area contributed by atoms with Crippen molar-refractivity contribution < 1.29 is 0 Å². The number of nitrogens with one attached hydrogen (secondary N) is 1. The van der Waals surface area contributed by atoms with E-state index in [2.05, 4.69) is 53.6 Å². The Morgan fingerprint density at radius 3 is 2.79 bits per heavy atom. The Bertz CT molecular complexity index is 541. The predicted octanol–water partition coefficient (Wildman–Crippen LogP) is 3.45. The van der Waals surface area contributed by atoms with E-state index in [9.17, 15) is 0 Å². The lowest BCUT2D eigenvalue weighted by Gasteiger charge is -2.20. The molecule has 1 N–H and O–H groups in total. The fraction of sp³-hybridized carbons (Fsp3) is 0.312. The monoisotopic (exact) mass is 270 g/mol. The highest BCUT2D eigenvalue weighted by molar-refractivity contribution is 8.00. The zero-order valence-electron chi connectivity index (χ0n) is 11.0. The summed E-state index contributed by atoms with van der Waals surface area (Å²) in [6.45, 7) is 3.18. The van der Waals surface area contributed by atoms with E-state index in [1.54, 1.807) is 0 Å². The Kier molecular flexibility index (Phi) is 3.85. The first kappa shape index (κ1) is 12.7. The highest BCUT2D eigenvalue weighted by atomic mass is 32.2. The molecule has 1 heterocycles. The van der Waals surface area contributed by atoms with Crippen molar-refractivity contribution in [2.75, 3.05) is 6.54 Å². The molecule has 0 saturated carbocycles. The maximum atomic E-state index is 4.09. The van der Waals surface area contributed by atoms with Crippen molar-refractivity contribution in [3.63, 3.8) is 0 Å². The quantitative estimate of drug-likeness (QED) is 0.921. The number of nitrogens with zero attached hydrogens (tertiary/aromatic N) is 1. The summed E-state index contributed by atoms with van der Waals surface area (Å²) in [6, 6.07) is 13.4. The van der Waals surface area contributed by atoms with Crippen LogP contribution in [0.25, 0.3) is 0 Å². The number of benzene rings is 1. The Morgan fingerprint density at radius 2 is 2.00 bits per heavy atom. The number of pyridine rings is 1. The Balaban J connectivity index is 1.83. The van der Waals surface area contributed by atoms with E-state index >= 15 is 0 Å². The number of hydrogen-bond acceptors (Lipinski definition) is 3. The van der Waals surface area contributed by atoms with Gasteiger partial charge in [0.2, 0.25) is 0 Å². The van der Waals surface area contributed by atoms with E-state index < -0.39 is 0 Å². The number of rotatable bonds is 4. The van der Waals surface area contributed by atoms with Crippen molar-refractivity contribution >= 4 is 11.8 Å². The van der Waals surface area contributed by atoms with E-state index in [1.807, 2.05) is 24.2 Å². The van der Waals surface area contributed by atoms with Gasteiger partial charge in [0, 0.05) is 28.6 Å². The molecule has 2 nitrogen and oxygen atoms in total. The second-order valence-electron chi connectivity index (χ2n) is 4.78. The summed E-state index contributed by atoms with van der Waals surface area (Å²) >= 11 is 1.95. The maximum Gasteiger partial charge on any atom is 0.0450 e. The van der Waals surface area contributed by atoms with Crippen LogP contribution in [0.3, 0.4) is 0 Å². The third kappa shape index (κ3) is 2.67. The fourth-order valence-electron chi connectivity index (χ4n) is 2.72. The van der Waals surface area contributed by atoms with Gasteiger partial charge in [-0.05, 0) is 36.2 Å². The molecule has 19 heavy (non-hydrogen) atoms. The van der Waals surface area contributed by atoms with Crippen LogP contribution in [0.15, 0.2) is 53.7 Å². The van der Waals surface area contributed by atoms with Gasteiger partial charge in [-0.3, -0.25) is 4.98 Å². The molecule has 2 atom stereocenters. The molecule has 1 aliphatic carbocycles. The van der Waals surface area contributed by atoms with Crippen LogP contribution in [0.5, 0.6) is 0 Å². The van der Waals surface area contributed by atoms with Gasteiger partial charge in [-0.15, -0.1) is 11.8 Å². The Labute approximate surface area is 118 Å². The van der Waals surface area contributed by atoms with Crippen LogP contribution in [0.4, 0.5) is 0 Å².